The molecule has 0 N–H and O–H groups in total. The van der Waals surface area contributed by atoms with Gasteiger partial charge in [0, 0.05) is 6.61 Å². The second kappa shape index (κ2) is 10.0. The fraction of sp³-hybridized carbons (Fsp3) is 0.875. The molecule has 4 fully saturated rings. The number of hydrogen-bond donors (Lipinski definition) is 0. The molecule has 0 amide bonds. The topological polar surface area (TPSA) is 18.5 Å². The Hall–Kier alpha value is -0.600. The van der Waals surface area contributed by atoms with Gasteiger partial charge in [-0.25, -0.2) is 0 Å². The molecule has 1 heterocycles. The largest absolute Gasteiger partial charge is 0.353 e. The Bertz CT molecular complexity index is 772. The van der Waals surface area contributed by atoms with Crippen molar-refractivity contribution in [1.29, 1.82) is 0 Å². The molecule has 9 atom stereocenters. The van der Waals surface area contributed by atoms with Crippen LogP contribution < -0.4 is 0 Å². The number of fused-ring (bicyclic) bond motifs is 5. The number of hydrogen-bond acceptors (Lipinski definition) is 2. The Labute approximate surface area is 210 Å². The third kappa shape index (κ3) is 4.60. The number of rotatable bonds is 6. The second-order valence-electron chi connectivity index (χ2n) is 13.6. The van der Waals surface area contributed by atoms with Crippen LogP contribution in [0.2, 0.25) is 0 Å². The molecule has 0 aromatic carbocycles. The first-order valence-electron chi connectivity index (χ1n) is 14.9. The standard InChI is InChI=1S/C32H52O2/c1-22(2)9-8-10-23(3)27-14-15-28-26-13-12-24-21-25(34-30-11-6-7-20-33-30)16-18-31(24,4)29(26)17-19-32(27,28)5/h9,12,23,25-30H,6-8,10-11,13-21H2,1-5H3/t23-,25+,26+,27-,28+,29+,30?,31+,32-/m1/s1/i1+1/b22-9+. The van der Waals surface area contributed by atoms with Gasteiger partial charge in [-0.2, -0.15) is 0 Å². The van der Waals surface area contributed by atoms with Crippen LogP contribution in [0.1, 0.15) is 118 Å². The third-order valence-corrected chi connectivity index (χ3v) is 11.5. The van der Waals surface area contributed by atoms with Crippen molar-refractivity contribution in [2.24, 2.45) is 40.4 Å². The van der Waals surface area contributed by atoms with Crippen molar-refractivity contribution in [3.05, 3.63) is 23.3 Å². The van der Waals surface area contributed by atoms with E-state index in [2.05, 4.69) is 46.8 Å². The zero-order valence-electron chi connectivity index (χ0n) is 22.9. The molecule has 0 bridgehead atoms. The molecule has 0 radical (unpaired) electrons. The molecule has 0 spiro atoms. The van der Waals surface area contributed by atoms with Crippen molar-refractivity contribution in [3.63, 3.8) is 0 Å². The average molecular weight is 470 g/mol. The van der Waals surface area contributed by atoms with E-state index < -0.39 is 0 Å². The van der Waals surface area contributed by atoms with Crippen LogP contribution >= 0.6 is 0 Å². The lowest BCUT2D eigenvalue weighted by atomic mass is 9.47. The highest BCUT2D eigenvalue weighted by atomic mass is 16.7. The quantitative estimate of drug-likeness (QED) is 0.286. The van der Waals surface area contributed by atoms with E-state index in [0.717, 1.165) is 49.0 Å². The average Bonchev–Trinajstić information content (AvgIpc) is 3.17. The Balaban J connectivity index is 1.26. The van der Waals surface area contributed by atoms with E-state index >= 15 is 0 Å². The molecule has 3 saturated carbocycles. The minimum atomic E-state index is 0.0598. The van der Waals surface area contributed by atoms with Crippen LogP contribution in [0.15, 0.2) is 23.3 Å². The summed E-state index contributed by atoms with van der Waals surface area (Å²) in [5, 5.41) is 0. The van der Waals surface area contributed by atoms with Crippen molar-refractivity contribution >= 4 is 0 Å². The summed E-state index contributed by atoms with van der Waals surface area (Å²) in [5.41, 5.74) is 4.22. The zero-order chi connectivity index (χ0) is 23.9. The van der Waals surface area contributed by atoms with Crippen LogP contribution in [0.3, 0.4) is 0 Å². The lowest BCUT2D eigenvalue weighted by molar-refractivity contribution is -0.195. The van der Waals surface area contributed by atoms with E-state index in [1.54, 1.807) is 5.57 Å². The van der Waals surface area contributed by atoms with E-state index in [0.29, 0.717) is 16.9 Å². The first kappa shape index (κ1) is 25.1. The monoisotopic (exact) mass is 469 g/mol. The molecule has 192 valence electrons. The van der Waals surface area contributed by atoms with Crippen LogP contribution in [0, 0.1) is 40.4 Å². The summed E-state index contributed by atoms with van der Waals surface area (Å²) in [6.45, 7) is 13.3. The van der Waals surface area contributed by atoms with Gasteiger partial charge in [0.1, 0.15) is 0 Å². The molecular formula is C32H52O2. The molecule has 4 aliphatic carbocycles. The van der Waals surface area contributed by atoms with Crippen molar-refractivity contribution in [3.8, 4) is 0 Å². The summed E-state index contributed by atoms with van der Waals surface area (Å²) in [6.07, 6.45) is 22.7. The fourth-order valence-electron chi connectivity index (χ4n) is 9.59. The Morgan fingerprint density at radius 1 is 1.09 bits per heavy atom. The molecule has 1 unspecified atom stereocenters. The first-order chi connectivity index (χ1) is 16.3. The summed E-state index contributed by atoms with van der Waals surface area (Å²) < 4.78 is 12.4. The van der Waals surface area contributed by atoms with Crippen LogP contribution in [0.5, 0.6) is 0 Å². The van der Waals surface area contributed by atoms with E-state index in [1.165, 1.54) is 76.2 Å². The van der Waals surface area contributed by atoms with E-state index in [4.69, 9.17) is 9.47 Å². The van der Waals surface area contributed by atoms with Crippen molar-refractivity contribution < 1.29 is 9.47 Å². The predicted octanol–water partition coefficient (Wildman–Crippen LogP) is 8.86. The van der Waals surface area contributed by atoms with Crippen LogP contribution in [-0.2, 0) is 9.47 Å². The van der Waals surface area contributed by atoms with Gasteiger partial charge in [0.25, 0.3) is 0 Å². The molecule has 5 rings (SSSR count). The molecule has 5 aliphatic rings. The highest BCUT2D eigenvalue weighted by Gasteiger charge is 2.59. The molecule has 34 heavy (non-hydrogen) atoms. The summed E-state index contributed by atoms with van der Waals surface area (Å²) in [7, 11) is 0. The molecule has 1 aliphatic heterocycles. The first-order valence-corrected chi connectivity index (χ1v) is 14.9. The lowest BCUT2D eigenvalue weighted by Crippen LogP contribution is -2.51. The minimum Gasteiger partial charge on any atom is -0.353 e. The maximum Gasteiger partial charge on any atom is 0.157 e. The number of ether oxygens (including phenoxy) is 2. The molecule has 1 saturated heterocycles. The maximum atomic E-state index is 6.47. The zero-order valence-corrected chi connectivity index (χ0v) is 22.9. The van der Waals surface area contributed by atoms with Gasteiger partial charge in [0.05, 0.1) is 6.10 Å². The van der Waals surface area contributed by atoms with Gasteiger partial charge in [0.2, 0.25) is 0 Å². The third-order valence-electron chi connectivity index (χ3n) is 11.5. The van der Waals surface area contributed by atoms with Gasteiger partial charge in [-0.1, -0.05) is 44.1 Å². The summed E-state index contributed by atoms with van der Waals surface area (Å²) >= 11 is 0. The number of allylic oxidation sites excluding steroid dienone is 3. The summed E-state index contributed by atoms with van der Waals surface area (Å²) in [4.78, 5) is 0. The molecule has 0 aromatic heterocycles. The van der Waals surface area contributed by atoms with Gasteiger partial charge in [-0.3, -0.25) is 0 Å². The van der Waals surface area contributed by atoms with Crippen molar-refractivity contribution in [2.45, 2.75) is 130 Å². The predicted molar refractivity (Wildman–Crippen MR) is 141 cm³/mol. The summed E-state index contributed by atoms with van der Waals surface area (Å²) in [5.74, 6) is 4.56. The Morgan fingerprint density at radius 2 is 1.94 bits per heavy atom. The van der Waals surface area contributed by atoms with Crippen LogP contribution in [0.4, 0.5) is 0 Å². The van der Waals surface area contributed by atoms with E-state index in [9.17, 15) is 0 Å². The Morgan fingerprint density at radius 3 is 2.71 bits per heavy atom. The second-order valence-corrected chi connectivity index (χ2v) is 13.6. The SMILES string of the molecule is C/C([13CH3])=C/CC[C@@H](C)[C@H]1CC[C@H]2[C@@H]3CC=C4C[C@@H](OC5CCCCO5)CC[C@]4(C)[C@H]3CC[C@]12C. The lowest BCUT2D eigenvalue weighted by Gasteiger charge is -2.58. The van der Waals surface area contributed by atoms with Crippen LogP contribution in [0.25, 0.3) is 0 Å². The summed E-state index contributed by atoms with van der Waals surface area (Å²) in [6, 6.07) is 0. The molecule has 2 heteroatoms. The van der Waals surface area contributed by atoms with E-state index in [-0.39, 0.29) is 6.29 Å². The highest BCUT2D eigenvalue weighted by Crippen LogP contribution is 2.67. The maximum absolute atomic E-state index is 6.47. The van der Waals surface area contributed by atoms with Gasteiger partial charge in [0.15, 0.2) is 6.29 Å². The molecule has 0 aromatic rings. The smallest absolute Gasteiger partial charge is 0.157 e. The Kier molecular flexibility index (Phi) is 7.40. The van der Waals surface area contributed by atoms with Crippen molar-refractivity contribution in [1.82, 2.24) is 0 Å². The van der Waals surface area contributed by atoms with Crippen LogP contribution in [-0.4, -0.2) is 19.0 Å². The van der Waals surface area contributed by atoms with Gasteiger partial charge in [-0.15, -0.1) is 0 Å². The van der Waals surface area contributed by atoms with Crippen molar-refractivity contribution in [2.75, 3.05) is 6.61 Å². The van der Waals surface area contributed by atoms with Gasteiger partial charge in [-0.05, 0) is 138 Å². The van der Waals surface area contributed by atoms with Gasteiger partial charge < -0.3 is 9.47 Å². The molecular weight excluding hydrogens is 417 g/mol. The van der Waals surface area contributed by atoms with Gasteiger partial charge >= 0.3 is 0 Å². The molecule has 2 nitrogen and oxygen atoms in total. The highest BCUT2D eigenvalue weighted by molar-refractivity contribution is 5.25. The normalized spacial score (nSPS) is 45.7. The fourth-order valence-corrected chi connectivity index (χ4v) is 9.59. The minimum absolute atomic E-state index is 0.0598. The van der Waals surface area contributed by atoms with E-state index in [1.807, 2.05) is 0 Å².